The molecule has 0 unspecified atom stereocenters. The number of likely N-dealkylation sites (tertiary alicyclic amines) is 1. The van der Waals surface area contributed by atoms with Gasteiger partial charge in [-0.1, -0.05) is 13.0 Å². The van der Waals surface area contributed by atoms with E-state index in [-0.39, 0.29) is 17.7 Å². The second-order valence-corrected chi connectivity index (χ2v) is 9.02. The summed E-state index contributed by atoms with van der Waals surface area (Å²) in [6.45, 7) is 3.09. The predicted molar refractivity (Wildman–Crippen MR) is 137 cm³/mol. The third-order valence-electron chi connectivity index (χ3n) is 6.78. The van der Waals surface area contributed by atoms with Gasteiger partial charge in [0.05, 0.1) is 11.7 Å². The van der Waals surface area contributed by atoms with Gasteiger partial charge in [-0.15, -0.1) is 0 Å². The van der Waals surface area contributed by atoms with Gasteiger partial charge < -0.3 is 15.2 Å². The van der Waals surface area contributed by atoms with Crippen LogP contribution in [0, 0.1) is 0 Å². The molecule has 9 nitrogen and oxygen atoms in total. The number of aromatic nitrogens is 5. The quantitative estimate of drug-likeness (QED) is 0.392. The number of fused-ring (bicyclic) bond motifs is 2. The molecule has 2 amide bonds. The minimum absolute atomic E-state index is 0.0288. The minimum Gasteiger partial charge on any atom is -0.343 e. The monoisotopic (exact) mass is 479 g/mol. The minimum atomic E-state index is -0.0759. The summed E-state index contributed by atoms with van der Waals surface area (Å²) in [6, 6.07) is 15.2. The average molecular weight is 480 g/mol. The van der Waals surface area contributed by atoms with Crippen molar-refractivity contribution in [2.45, 2.75) is 25.7 Å². The Balaban J connectivity index is 1.25. The number of nitrogens with one attached hydrogen (secondary N) is 2. The summed E-state index contributed by atoms with van der Waals surface area (Å²) in [4.78, 5) is 34.9. The third-order valence-corrected chi connectivity index (χ3v) is 6.78. The predicted octanol–water partition coefficient (Wildman–Crippen LogP) is 4.25. The van der Waals surface area contributed by atoms with E-state index in [1.807, 2.05) is 29.3 Å². The van der Waals surface area contributed by atoms with Crippen LogP contribution in [-0.2, 0) is 4.79 Å². The van der Waals surface area contributed by atoms with Crippen LogP contribution in [0.4, 0.5) is 5.69 Å². The average Bonchev–Trinajstić information content (AvgIpc) is 3.66. The molecule has 5 aromatic rings. The Morgan fingerprint density at radius 1 is 1.08 bits per heavy atom. The number of benzene rings is 1. The Hall–Kier alpha value is -4.53. The number of nitrogens with zero attached hydrogens (tertiary/aromatic N) is 5. The number of pyridine rings is 1. The van der Waals surface area contributed by atoms with Gasteiger partial charge in [-0.2, -0.15) is 14.8 Å². The van der Waals surface area contributed by atoms with Gasteiger partial charge in [-0.05, 0) is 54.4 Å². The SMILES string of the molecule is CCC(=O)Nc1cccc(C(=O)N2CC[C@@H](c3cc4c(-c5cnn6ncccc56)ccnc4[nH]3)C2)c1. The molecule has 0 bridgehead atoms. The molecule has 180 valence electrons. The molecular weight excluding hydrogens is 454 g/mol. The van der Waals surface area contributed by atoms with Gasteiger partial charge in [0.15, 0.2) is 0 Å². The van der Waals surface area contributed by atoms with Crippen LogP contribution in [0.2, 0.25) is 0 Å². The van der Waals surface area contributed by atoms with Crippen molar-refractivity contribution in [3.8, 4) is 11.1 Å². The van der Waals surface area contributed by atoms with E-state index in [0.717, 1.165) is 39.8 Å². The summed E-state index contributed by atoms with van der Waals surface area (Å²) in [6.07, 6.45) is 6.59. The molecule has 0 aliphatic carbocycles. The van der Waals surface area contributed by atoms with Crippen molar-refractivity contribution in [3.63, 3.8) is 0 Å². The van der Waals surface area contributed by atoms with Crippen molar-refractivity contribution in [1.29, 1.82) is 0 Å². The van der Waals surface area contributed by atoms with Crippen molar-refractivity contribution < 1.29 is 9.59 Å². The molecule has 0 saturated carbocycles. The molecule has 1 aliphatic heterocycles. The maximum Gasteiger partial charge on any atom is 0.253 e. The lowest BCUT2D eigenvalue weighted by Crippen LogP contribution is -2.28. The van der Waals surface area contributed by atoms with E-state index in [9.17, 15) is 9.59 Å². The number of carbonyl (C=O) groups excluding carboxylic acids is 2. The number of carbonyl (C=O) groups is 2. The van der Waals surface area contributed by atoms with Crippen LogP contribution in [0.15, 0.2) is 67.1 Å². The summed E-state index contributed by atoms with van der Waals surface area (Å²) in [5, 5.41) is 12.5. The molecule has 4 aromatic heterocycles. The first kappa shape index (κ1) is 22.0. The number of anilines is 1. The molecule has 0 radical (unpaired) electrons. The van der Waals surface area contributed by atoms with Crippen LogP contribution in [0.3, 0.4) is 0 Å². The Morgan fingerprint density at radius 2 is 2.00 bits per heavy atom. The van der Waals surface area contributed by atoms with Crippen molar-refractivity contribution in [1.82, 2.24) is 29.7 Å². The van der Waals surface area contributed by atoms with Gasteiger partial charge in [0.1, 0.15) is 5.65 Å². The fourth-order valence-electron chi connectivity index (χ4n) is 4.90. The molecule has 1 saturated heterocycles. The second-order valence-electron chi connectivity index (χ2n) is 9.02. The molecule has 0 spiro atoms. The highest BCUT2D eigenvalue weighted by Crippen LogP contribution is 2.35. The van der Waals surface area contributed by atoms with Gasteiger partial charge >= 0.3 is 0 Å². The number of amides is 2. The standard InChI is InChI=1S/C27H25N7O2/c1-2-25(35)31-19-6-3-5-17(13-19)27(36)33-12-9-18(16-33)23-14-21-20(8-11-28-26(21)32-23)22-15-30-34-24(22)7-4-10-29-34/h3-8,10-11,13-15,18H,2,9,12,16H2,1H3,(H,28,32)(H,31,35)/t18-/m1/s1. The van der Waals surface area contributed by atoms with Crippen LogP contribution in [0.5, 0.6) is 0 Å². The summed E-state index contributed by atoms with van der Waals surface area (Å²) in [7, 11) is 0. The first-order chi connectivity index (χ1) is 17.6. The first-order valence-electron chi connectivity index (χ1n) is 12.1. The van der Waals surface area contributed by atoms with Crippen molar-refractivity contribution in [2.24, 2.45) is 0 Å². The molecule has 1 atom stereocenters. The van der Waals surface area contributed by atoms with Crippen molar-refractivity contribution in [2.75, 3.05) is 18.4 Å². The van der Waals surface area contributed by atoms with Crippen molar-refractivity contribution in [3.05, 3.63) is 78.4 Å². The molecule has 5 heterocycles. The Bertz CT molecular complexity index is 1600. The number of hydrogen-bond donors (Lipinski definition) is 2. The lowest BCUT2D eigenvalue weighted by atomic mass is 10.0. The van der Waals surface area contributed by atoms with Crippen LogP contribution in [-0.4, -0.2) is 54.6 Å². The second kappa shape index (κ2) is 8.92. The molecule has 2 N–H and O–H groups in total. The zero-order chi connectivity index (χ0) is 24.6. The van der Waals surface area contributed by atoms with E-state index < -0.39 is 0 Å². The third kappa shape index (κ3) is 3.88. The van der Waals surface area contributed by atoms with Gasteiger partial charge in [0, 0.05) is 65.7 Å². The van der Waals surface area contributed by atoms with Crippen LogP contribution in [0.1, 0.15) is 41.7 Å². The fraction of sp³-hybridized carbons (Fsp3) is 0.222. The number of aromatic amines is 1. The van der Waals surface area contributed by atoms with Gasteiger partial charge in [-0.3, -0.25) is 9.59 Å². The summed E-state index contributed by atoms with van der Waals surface area (Å²) in [5.41, 5.74) is 6.07. The lowest BCUT2D eigenvalue weighted by Gasteiger charge is -2.17. The van der Waals surface area contributed by atoms with Crippen LogP contribution >= 0.6 is 0 Å². The largest absolute Gasteiger partial charge is 0.343 e. The molecular formula is C27H25N7O2. The maximum absolute atomic E-state index is 13.2. The molecule has 6 rings (SSSR count). The highest BCUT2D eigenvalue weighted by Gasteiger charge is 2.29. The topological polar surface area (TPSA) is 108 Å². The number of H-pyrrole nitrogens is 1. The molecule has 36 heavy (non-hydrogen) atoms. The van der Waals surface area contributed by atoms with Gasteiger partial charge in [0.25, 0.3) is 5.91 Å². The van der Waals surface area contributed by atoms with E-state index in [1.54, 1.807) is 48.2 Å². The summed E-state index contributed by atoms with van der Waals surface area (Å²) < 4.78 is 1.62. The Kier molecular flexibility index (Phi) is 5.44. The van der Waals surface area contributed by atoms with E-state index >= 15 is 0 Å². The fourth-order valence-corrected chi connectivity index (χ4v) is 4.90. The van der Waals surface area contributed by atoms with E-state index in [1.165, 1.54) is 0 Å². The molecule has 9 heteroatoms. The molecule has 1 fully saturated rings. The zero-order valence-electron chi connectivity index (χ0n) is 19.8. The smallest absolute Gasteiger partial charge is 0.253 e. The van der Waals surface area contributed by atoms with Crippen molar-refractivity contribution >= 4 is 34.1 Å². The Morgan fingerprint density at radius 3 is 2.89 bits per heavy atom. The highest BCUT2D eigenvalue weighted by atomic mass is 16.2. The Labute approximate surface area is 207 Å². The van der Waals surface area contributed by atoms with Crippen LogP contribution < -0.4 is 5.32 Å². The van der Waals surface area contributed by atoms with Crippen LogP contribution in [0.25, 0.3) is 27.7 Å². The summed E-state index contributed by atoms with van der Waals surface area (Å²) >= 11 is 0. The van der Waals surface area contributed by atoms with E-state index in [4.69, 9.17) is 0 Å². The maximum atomic E-state index is 13.2. The number of rotatable bonds is 5. The van der Waals surface area contributed by atoms with E-state index in [0.29, 0.717) is 30.8 Å². The normalized spacial score (nSPS) is 15.6. The zero-order valence-corrected chi connectivity index (χ0v) is 19.8. The summed E-state index contributed by atoms with van der Waals surface area (Å²) in [5.74, 6) is 0.0800. The number of hydrogen-bond acceptors (Lipinski definition) is 5. The molecule has 1 aromatic carbocycles. The molecule has 1 aliphatic rings. The lowest BCUT2D eigenvalue weighted by molar-refractivity contribution is -0.115. The van der Waals surface area contributed by atoms with E-state index in [2.05, 4.69) is 31.5 Å². The van der Waals surface area contributed by atoms with Gasteiger partial charge in [0.2, 0.25) is 5.91 Å². The van der Waals surface area contributed by atoms with Gasteiger partial charge in [-0.25, -0.2) is 4.98 Å². The first-order valence-corrected chi connectivity index (χ1v) is 12.1. The highest BCUT2D eigenvalue weighted by molar-refractivity contribution is 5.98.